The molecule has 0 aliphatic heterocycles. The summed E-state index contributed by atoms with van der Waals surface area (Å²) in [6.45, 7) is 4.53. The molecule has 0 aliphatic carbocycles. The van der Waals surface area contributed by atoms with Crippen molar-refractivity contribution in [3.05, 3.63) is 105 Å². The van der Waals surface area contributed by atoms with Crippen LogP contribution in [0.4, 0.5) is 0 Å². The number of halogens is 2. The fraction of sp³-hybridized carbons (Fsp3) is 0.259. The zero-order valence-corrected chi connectivity index (χ0v) is 20.4. The van der Waals surface area contributed by atoms with Gasteiger partial charge in [0.25, 0.3) is 0 Å². The maximum atomic E-state index is 13.7. The van der Waals surface area contributed by atoms with Gasteiger partial charge in [-0.2, -0.15) is 0 Å². The fourth-order valence-corrected chi connectivity index (χ4v) is 4.22. The Bertz CT molecular complexity index is 1100. The van der Waals surface area contributed by atoms with Crippen LogP contribution in [-0.2, 0) is 29.0 Å². The number of carbonyl (C=O) groups excluding carboxylic acids is 2. The number of nitrogens with zero attached hydrogens (tertiary/aromatic N) is 1. The van der Waals surface area contributed by atoms with E-state index in [2.05, 4.69) is 5.32 Å². The Morgan fingerprint density at radius 3 is 2.30 bits per heavy atom. The first-order valence-electron chi connectivity index (χ1n) is 11.0. The second kappa shape index (κ2) is 11.9. The average molecular weight is 483 g/mol. The van der Waals surface area contributed by atoms with Crippen LogP contribution in [0.3, 0.4) is 0 Å². The van der Waals surface area contributed by atoms with Gasteiger partial charge in [-0.1, -0.05) is 83.9 Å². The smallest absolute Gasteiger partial charge is 0.243 e. The fourth-order valence-electron chi connectivity index (χ4n) is 3.75. The van der Waals surface area contributed by atoms with Crippen molar-refractivity contribution in [3.63, 3.8) is 0 Å². The van der Waals surface area contributed by atoms with Crippen LogP contribution in [0.15, 0.2) is 72.8 Å². The maximum Gasteiger partial charge on any atom is 0.243 e. The second-order valence-electron chi connectivity index (χ2n) is 7.96. The van der Waals surface area contributed by atoms with Crippen LogP contribution in [0.5, 0.6) is 0 Å². The molecule has 4 nitrogen and oxygen atoms in total. The van der Waals surface area contributed by atoms with Crippen LogP contribution >= 0.6 is 23.2 Å². The molecule has 1 N–H and O–H groups in total. The van der Waals surface area contributed by atoms with Gasteiger partial charge >= 0.3 is 0 Å². The Balaban J connectivity index is 1.99. The molecule has 0 saturated heterocycles. The number of amides is 2. The molecule has 0 bridgehead atoms. The molecule has 0 spiro atoms. The van der Waals surface area contributed by atoms with Gasteiger partial charge in [0.05, 0.1) is 6.42 Å². The van der Waals surface area contributed by atoms with Crippen molar-refractivity contribution < 1.29 is 9.59 Å². The van der Waals surface area contributed by atoms with Crippen molar-refractivity contribution in [3.8, 4) is 0 Å². The highest BCUT2D eigenvalue weighted by molar-refractivity contribution is 6.35. The lowest BCUT2D eigenvalue weighted by Crippen LogP contribution is -2.51. The number of hydrogen-bond acceptors (Lipinski definition) is 2. The van der Waals surface area contributed by atoms with E-state index in [1.54, 1.807) is 23.1 Å². The molecular weight excluding hydrogens is 455 g/mol. The lowest BCUT2D eigenvalue weighted by molar-refractivity contribution is -0.140. The number of carbonyl (C=O) groups is 2. The Labute approximate surface area is 205 Å². The van der Waals surface area contributed by atoms with E-state index in [0.29, 0.717) is 23.0 Å². The molecule has 6 heteroatoms. The van der Waals surface area contributed by atoms with Crippen molar-refractivity contribution in [1.29, 1.82) is 0 Å². The predicted molar refractivity (Wildman–Crippen MR) is 135 cm³/mol. The minimum Gasteiger partial charge on any atom is -0.355 e. The van der Waals surface area contributed by atoms with Gasteiger partial charge in [-0.15, -0.1) is 0 Å². The highest BCUT2D eigenvalue weighted by Crippen LogP contribution is 2.25. The molecule has 0 saturated carbocycles. The summed E-state index contributed by atoms with van der Waals surface area (Å²) in [5.74, 6) is -0.327. The number of aryl methyl sites for hydroxylation is 1. The molecule has 0 unspecified atom stereocenters. The third kappa shape index (κ3) is 6.83. The van der Waals surface area contributed by atoms with Gasteiger partial charge in [0.15, 0.2) is 0 Å². The van der Waals surface area contributed by atoms with Gasteiger partial charge in [0, 0.05) is 29.6 Å². The molecule has 3 aromatic carbocycles. The Hall–Kier alpha value is -2.82. The van der Waals surface area contributed by atoms with Crippen molar-refractivity contribution in [2.45, 2.75) is 39.3 Å². The standard InChI is InChI=1S/C27H28Cl2N2O2/c1-3-30-27(33)25(15-20-10-5-4-6-11-20)31(18-22-13-14-23(28)17-24(22)29)26(32)16-21-12-8-7-9-19(21)2/h4-14,17,25H,3,15-16,18H2,1-2H3,(H,30,33)/t25-/m0/s1. The average Bonchev–Trinajstić information content (AvgIpc) is 2.79. The first-order valence-corrected chi connectivity index (χ1v) is 11.7. The van der Waals surface area contributed by atoms with Crippen LogP contribution in [0.25, 0.3) is 0 Å². The van der Waals surface area contributed by atoms with Crippen LogP contribution in [0.1, 0.15) is 29.2 Å². The molecular formula is C27H28Cl2N2O2. The molecule has 0 fully saturated rings. The van der Waals surface area contributed by atoms with Crippen molar-refractivity contribution in [1.82, 2.24) is 10.2 Å². The number of rotatable bonds is 9. The van der Waals surface area contributed by atoms with E-state index in [-0.39, 0.29) is 24.8 Å². The van der Waals surface area contributed by atoms with Crippen LogP contribution in [0, 0.1) is 6.92 Å². The molecule has 1 atom stereocenters. The first-order chi connectivity index (χ1) is 15.9. The second-order valence-corrected chi connectivity index (χ2v) is 8.80. The minimum atomic E-state index is -0.685. The summed E-state index contributed by atoms with van der Waals surface area (Å²) in [5, 5.41) is 3.88. The molecule has 0 aliphatic rings. The highest BCUT2D eigenvalue weighted by atomic mass is 35.5. The zero-order valence-electron chi connectivity index (χ0n) is 18.9. The highest BCUT2D eigenvalue weighted by Gasteiger charge is 2.30. The van der Waals surface area contributed by atoms with Gasteiger partial charge in [-0.25, -0.2) is 0 Å². The zero-order chi connectivity index (χ0) is 23.8. The van der Waals surface area contributed by atoms with Gasteiger partial charge in [0.2, 0.25) is 11.8 Å². The van der Waals surface area contributed by atoms with E-state index in [4.69, 9.17) is 23.2 Å². The summed E-state index contributed by atoms with van der Waals surface area (Å²) in [6.07, 6.45) is 0.597. The molecule has 0 aromatic heterocycles. The van der Waals surface area contributed by atoms with E-state index in [1.807, 2.05) is 68.4 Å². The Morgan fingerprint density at radius 2 is 1.64 bits per heavy atom. The van der Waals surface area contributed by atoms with E-state index in [9.17, 15) is 9.59 Å². The van der Waals surface area contributed by atoms with E-state index >= 15 is 0 Å². The number of benzene rings is 3. The summed E-state index contributed by atoms with van der Waals surface area (Å²) in [6, 6.07) is 22.0. The Kier molecular flexibility index (Phi) is 8.93. The lowest BCUT2D eigenvalue weighted by atomic mass is 10.0. The van der Waals surface area contributed by atoms with Gasteiger partial charge in [0.1, 0.15) is 6.04 Å². The number of likely N-dealkylation sites (N-methyl/N-ethyl adjacent to an activating group) is 1. The molecule has 2 amide bonds. The van der Waals surface area contributed by atoms with Crippen LogP contribution < -0.4 is 5.32 Å². The first kappa shape index (κ1) is 24.8. The summed E-state index contributed by atoms with van der Waals surface area (Å²) in [5.41, 5.74) is 3.68. The van der Waals surface area contributed by atoms with E-state index in [0.717, 1.165) is 22.3 Å². The summed E-state index contributed by atoms with van der Waals surface area (Å²) < 4.78 is 0. The summed E-state index contributed by atoms with van der Waals surface area (Å²) >= 11 is 12.5. The van der Waals surface area contributed by atoms with Crippen molar-refractivity contribution in [2.24, 2.45) is 0 Å². The number of hydrogen-bond donors (Lipinski definition) is 1. The van der Waals surface area contributed by atoms with Crippen LogP contribution in [0.2, 0.25) is 10.0 Å². The third-order valence-electron chi connectivity index (χ3n) is 5.58. The molecule has 3 aromatic rings. The quantitative estimate of drug-likeness (QED) is 0.430. The van der Waals surface area contributed by atoms with Crippen molar-refractivity contribution >= 4 is 35.0 Å². The number of nitrogens with one attached hydrogen (secondary N) is 1. The minimum absolute atomic E-state index is 0.137. The molecule has 33 heavy (non-hydrogen) atoms. The SMILES string of the molecule is CCNC(=O)[C@H](Cc1ccccc1)N(Cc1ccc(Cl)cc1Cl)C(=O)Cc1ccccc1C. The Morgan fingerprint density at radius 1 is 0.939 bits per heavy atom. The van der Waals surface area contributed by atoms with Gasteiger partial charge in [-0.05, 0) is 48.2 Å². The molecule has 0 radical (unpaired) electrons. The topological polar surface area (TPSA) is 49.4 Å². The predicted octanol–water partition coefficient (Wildman–Crippen LogP) is 5.62. The lowest BCUT2D eigenvalue weighted by Gasteiger charge is -2.32. The summed E-state index contributed by atoms with van der Waals surface area (Å²) in [7, 11) is 0. The normalized spacial score (nSPS) is 11.6. The largest absolute Gasteiger partial charge is 0.355 e. The van der Waals surface area contributed by atoms with Crippen LogP contribution in [-0.4, -0.2) is 29.3 Å². The molecule has 3 rings (SSSR count). The molecule has 172 valence electrons. The van der Waals surface area contributed by atoms with Crippen molar-refractivity contribution in [2.75, 3.05) is 6.54 Å². The maximum absolute atomic E-state index is 13.7. The molecule has 0 heterocycles. The van der Waals surface area contributed by atoms with Gasteiger partial charge < -0.3 is 10.2 Å². The monoisotopic (exact) mass is 482 g/mol. The van der Waals surface area contributed by atoms with Gasteiger partial charge in [-0.3, -0.25) is 9.59 Å². The third-order valence-corrected chi connectivity index (χ3v) is 6.17. The van der Waals surface area contributed by atoms with E-state index < -0.39 is 6.04 Å². The van der Waals surface area contributed by atoms with E-state index in [1.165, 1.54) is 0 Å². The summed E-state index contributed by atoms with van der Waals surface area (Å²) in [4.78, 5) is 28.5.